The largest absolute Gasteiger partial charge is 0.483 e. The van der Waals surface area contributed by atoms with Crippen molar-refractivity contribution >= 4 is 34.1 Å². The van der Waals surface area contributed by atoms with E-state index < -0.39 is 0 Å². The molecule has 0 saturated carbocycles. The van der Waals surface area contributed by atoms with Crippen LogP contribution in [-0.2, 0) is 11.8 Å². The van der Waals surface area contributed by atoms with E-state index in [4.69, 9.17) is 4.74 Å². The van der Waals surface area contributed by atoms with Gasteiger partial charge in [0.25, 0.3) is 0 Å². The minimum atomic E-state index is -0.273. The Balaban J connectivity index is 1.57. The van der Waals surface area contributed by atoms with Crippen LogP contribution in [-0.4, -0.2) is 36.6 Å². The number of nitrogens with one attached hydrogen (secondary N) is 1. The number of benzene rings is 1. The van der Waals surface area contributed by atoms with E-state index in [2.05, 4.69) is 51.7 Å². The number of ether oxygens (including phenoxy) is 1. The van der Waals surface area contributed by atoms with E-state index >= 15 is 0 Å². The quantitative estimate of drug-likeness (QED) is 0.538. The molecule has 1 atom stereocenters. The average Bonchev–Trinajstić information content (AvgIpc) is 3.25. The summed E-state index contributed by atoms with van der Waals surface area (Å²) in [4.78, 5) is 12.1. The second-order valence-electron chi connectivity index (χ2n) is 6.85. The first-order chi connectivity index (χ1) is 13.8. The number of aryl methyl sites for hydroxylation is 1. The summed E-state index contributed by atoms with van der Waals surface area (Å²) in [7, 11) is 1.87. The van der Waals surface area contributed by atoms with Crippen LogP contribution in [0, 0.1) is 6.92 Å². The molecule has 3 aromatic rings. The third-order valence-electron chi connectivity index (χ3n) is 4.20. The van der Waals surface area contributed by atoms with Crippen molar-refractivity contribution in [2.75, 3.05) is 11.1 Å². The van der Waals surface area contributed by atoms with Crippen LogP contribution in [0.2, 0.25) is 0 Å². The lowest BCUT2D eigenvalue weighted by Gasteiger charge is -2.15. The first-order valence-electron chi connectivity index (χ1n) is 9.22. The molecule has 1 amide bonds. The molecule has 0 radical (unpaired) electrons. The predicted molar refractivity (Wildman–Crippen MR) is 115 cm³/mol. The van der Waals surface area contributed by atoms with Gasteiger partial charge in [-0.15, -0.1) is 20.4 Å². The van der Waals surface area contributed by atoms with E-state index in [-0.39, 0.29) is 17.8 Å². The van der Waals surface area contributed by atoms with Gasteiger partial charge in [-0.2, -0.15) is 0 Å². The van der Waals surface area contributed by atoms with Gasteiger partial charge in [0.1, 0.15) is 10.8 Å². The topological polar surface area (TPSA) is 94.8 Å². The molecule has 0 spiro atoms. The zero-order chi connectivity index (χ0) is 21.0. The number of hydrogen-bond acceptors (Lipinski definition) is 8. The number of anilines is 1. The van der Waals surface area contributed by atoms with E-state index in [1.54, 1.807) is 0 Å². The van der Waals surface area contributed by atoms with Crippen LogP contribution in [0.1, 0.15) is 49.2 Å². The number of carbonyl (C=O) groups excluding carboxylic acids is 1. The Hall–Kier alpha value is -2.46. The monoisotopic (exact) mass is 432 g/mol. The van der Waals surface area contributed by atoms with Crippen molar-refractivity contribution in [1.29, 1.82) is 0 Å². The third-order valence-corrected chi connectivity index (χ3v) is 5.97. The number of carbonyl (C=O) groups is 1. The van der Waals surface area contributed by atoms with Crippen molar-refractivity contribution < 1.29 is 9.53 Å². The molecule has 2 heterocycles. The molecule has 29 heavy (non-hydrogen) atoms. The van der Waals surface area contributed by atoms with E-state index in [0.29, 0.717) is 22.0 Å². The number of nitrogens with zero attached hydrogens (tertiary/aromatic N) is 5. The Morgan fingerprint density at radius 3 is 2.52 bits per heavy atom. The minimum Gasteiger partial charge on any atom is -0.483 e. The maximum Gasteiger partial charge on any atom is 0.236 e. The molecule has 10 heteroatoms. The number of amides is 1. The van der Waals surface area contributed by atoms with Crippen LogP contribution < -0.4 is 10.1 Å². The van der Waals surface area contributed by atoms with Crippen molar-refractivity contribution in [2.45, 2.75) is 44.9 Å². The fourth-order valence-electron chi connectivity index (χ4n) is 2.63. The van der Waals surface area contributed by atoms with Gasteiger partial charge in [0.05, 0.1) is 5.75 Å². The molecule has 0 aliphatic rings. The van der Waals surface area contributed by atoms with Gasteiger partial charge in [-0.3, -0.25) is 10.1 Å². The number of rotatable bonds is 8. The van der Waals surface area contributed by atoms with Gasteiger partial charge in [-0.05, 0) is 37.5 Å². The summed E-state index contributed by atoms with van der Waals surface area (Å²) in [6.45, 7) is 8.09. The second-order valence-corrected chi connectivity index (χ2v) is 8.97. The summed E-state index contributed by atoms with van der Waals surface area (Å²) in [5.74, 6) is 2.00. The van der Waals surface area contributed by atoms with Crippen molar-refractivity contribution in [3.63, 3.8) is 0 Å². The van der Waals surface area contributed by atoms with Crippen LogP contribution in [0.5, 0.6) is 5.75 Å². The van der Waals surface area contributed by atoms with Crippen LogP contribution in [0.25, 0.3) is 0 Å². The van der Waals surface area contributed by atoms with Crippen LogP contribution in [0.4, 0.5) is 5.13 Å². The Morgan fingerprint density at radius 2 is 1.90 bits per heavy atom. The lowest BCUT2D eigenvalue weighted by atomic mass is 10.0. The van der Waals surface area contributed by atoms with Crippen LogP contribution >= 0.6 is 23.1 Å². The molecular weight excluding hydrogens is 408 g/mol. The molecule has 8 nitrogen and oxygen atoms in total. The third kappa shape index (κ3) is 5.54. The molecule has 0 aliphatic carbocycles. The van der Waals surface area contributed by atoms with E-state index in [1.807, 2.05) is 37.6 Å². The molecular formula is C19H24N6O2S2. The van der Waals surface area contributed by atoms with E-state index in [9.17, 15) is 4.79 Å². The van der Waals surface area contributed by atoms with E-state index in [1.165, 1.54) is 28.7 Å². The summed E-state index contributed by atoms with van der Waals surface area (Å²) in [6.07, 6.45) is -0.273. The fraction of sp³-hybridized carbons (Fsp3) is 0.421. The normalized spacial score (nSPS) is 12.2. The van der Waals surface area contributed by atoms with Gasteiger partial charge >= 0.3 is 0 Å². The predicted octanol–water partition coefficient (Wildman–Crippen LogP) is 3.97. The lowest BCUT2D eigenvalue weighted by Crippen LogP contribution is -2.14. The summed E-state index contributed by atoms with van der Waals surface area (Å²) < 4.78 is 7.86. The summed E-state index contributed by atoms with van der Waals surface area (Å²) >= 11 is 2.65. The zero-order valence-electron chi connectivity index (χ0n) is 17.0. The number of aromatic nitrogens is 5. The number of hydrogen-bond donors (Lipinski definition) is 1. The first kappa shape index (κ1) is 21.3. The Kier molecular flexibility index (Phi) is 6.86. The summed E-state index contributed by atoms with van der Waals surface area (Å²) in [5.41, 5.74) is 1.27. The highest BCUT2D eigenvalue weighted by molar-refractivity contribution is 7.99. The molecule has 0 aliphatic heterocycles. The minimum absolute atomic E-state index is 0.162. The van der Waals surface area contributed by atoms with Gasteiger partial charge in [0.15, 0.2) is 17.1 Å². The summed E-state index contributed by atoms with van der Waals surface area (Å²) in [5, 5.41) is 20.9. The summed E-state index contributed by atoms with van der Waals surface area (Å²) in [6, 6.07) is 8.08. The molecule has 0 saturated heterocycles. The highest BCUT2D eigenvalue weighted by atomic mass is 32.2. The average molecular weight is 433 g/mol. The molecule has 1 aromatic carbocycles. The molecule has 0 bridgehead atoms. The van der Waals surface area contributed by atoms with Crippen molar-refractivity contribution in [3.05, 3.63) is 40.7 Å². The van der Waals surface area contributed by atoms with Crippen molar-refractivity contribution in [2.24, 2.45) is 7.05 Å². The van der Waals surface area contributed by atoms with Crippen LogP contribution in [0.15, 0.2) is 29.4 Å². The maximum absolute atomic E-state index is 12.1. The van der Waals surface area contributed by atoms with Crippen LogP contribution in [0.3, 0.4) is 0 Å². The highest BCUT2D eigenvalue weighted by Gasteiger charge is 2.18. The van der Waals surface area contributed by atoms with Gasteiger partial charge < -0.3 is 9.30 Å². The molecule has 154 valence electrons. The van der Waals surface area contributed by atoms with Gasteiger partial charge in [0.2, 0.25) is 11.0 Å². The highest BCUT2D eigenvalue weighted by Crippen LogP contribution is 2.25. The molecule has 1 N–H and O–H groups in total. The molecule has 2 aromatic heterocycles. The maximum atomic E-state index is 12.1. The Labute approximate surface area is 178 Å². The van der Waals surface area contributed by atoms with Crippen molar-refractivity contribution in [1.82, 2.24) is 25.0 Å². The van der Waals surface area contributed by atoms with Gasteiger partial charge in [-0.1, -0.05) is 49.1 Å². The Morgan fingerprint density at radius 1 is 1.17 bits per heavy atom. The first-order valence-corrected chi connectivity index (χ1v) is 11.0. The Bertz CT molecular complexity index is 967. The van der Waals surface area contributed by atoms with Crippen molar-refractivity contribution in [3.8, 4) is 5.75 Å². The molecule has 0 fully saturated rings. The standard InChI is InChI=1S/C19H24N6O2S2/c1-11(2)14-6-8-15(9-7-14)27-12(3)17-22-24-19(25(17)5)28-10-16(26)20-18-23-21-13(4)29-18/h6-9,11-12H,10H2,1-5H3,(H,20,23,26). The van der Waals surface area contributed by atoms with Gasteiger partial charge in [0, 0.05) is 7.05 Å². The molecule has 1 unspecified atom stereocenters. The fourth-order valence-corrected chi connectivity index (χ4v) is 3.95. The molecule has 3 rings (SSSR count). The zero-order valence-corrected chi connectivity index (χ0v) is 18.7. The van der Waals surface area contributed by atoms with E-state index in [0.717, 1.165) is 10.8 Å². The van der Waals surface area contributed by atoms with Gasteiger partial charge in [-0.25, -0.2) is 0 Å². The lowest BCUT2D eigenvalue weighted by molar-refractivity contribution is -0.113. The SMILES string of the molecule is Cc1nnc(NC(=O)CSc2nnc(C(C)Oc3ccc(C(C)C)cc3)n2C)s1. The number of thioether (sulfide) groups is 1. The second kappa shape index (κ2) is 9.36. The smallest absolute Gasteiger partial charge is 0.236 e.